The number of urea groups is 1. The molecule has 2 amide bonds. The Morgan fingerprint density at radius 1 is 1.00 bits per heavy atom. The summed E-state index contributed by atoms with van der Waals surface area (Å²) in [5.41, 5.74) is 4.60. The number of amides is 2. The largest absolute Gasteiger partial charge is 0.324 e. The first-order chi connectivity index (χ1) is 19.5. The normalized spacial score (nSPS) is 15.1. The van der Waals surface area contributed by atoms with Crippen molar-refractivity contribution in [2.24, 2.45) is 5.92 Å². The second-order valence-corrected chi connectivity index (χ2v) is 14.8. The van der Waals surface area contributed by atoms with Crippen molar-refractivity contribution in [3.05, 3.63) is 88.9 Å². The third-order valence-electron chi connectivity index (χ3n) is 7.40. The molecule has 1 aliphatic heterocycles. The quantitative estimate of drug-likeness (QED) is 0.246. The summed E-state index contributed by atoms with van der Waals surface area (Å²) in [6.45, 7) is 9.40. The Balaban J connectivity index is 1.18. The number of carbonyl (C=O) groups excluding carboxylic acids is 1. The molecule has 2 aromatic heterocycles. The van der Waals surface area contributed by atoms with E-state index in [2.05, 4.69) is 31.4 Å². The summed E-state index contributed by atoms with van der Waals surface area (Å²) < 4.78 is 29.4. The van der Waals surface area contributed by atoms with Crippen molar-refractivity contribution in [1.29, 1.82) is 0 Å². The predicted molar refractivity (Wildman–Crippen MR) is 166 cm³/mol. The summed E-state index contributed by atoms with van der Waals surface area (Å²) >= 11 is 1.27. The van der Waals surface area contributed by atoms with Gasteiger partial charge in [0.2, 0.25) is 0 Å². The van der Waals surface area contributed by atoms with Crippen molar-refractivity contribution >= 4 is 38.9 Å². The molecule has 1 fully saturated rings. The number of sulfonamides is 1. The number of thiophene rings is 1. The van der Waals surface area contributed by atoms with Gasteiger partial charge < -0.3 is 5.32 Å². The van der Waals surface area contributed by atoms with Gasteiger partial charge in [0.15, 0.2) is 0 Å². The molecule has 1 saturated heterocycles. The number of nitrogens with one attached hydrogen (secondary N) is 2. The van der Waals surface area contributed by atoms with E-state index in [0.717, 1.165) is 36.2 Å². The van der Waals surface area contributed by atoms with E-state index < -0.39 is 10.0 Å². The van der Waals surface area contributed by atoms with Crippen LogP contribution in [0.15, 0.2) is 76.3 Å². The molecule has 0 radical (unpaired) electrons. The number of aryl methyl sites for hydroxylation is 1. The Morgan fingerprint density at radius 2 is 1.68 bits per heavy atom. The van der Waals surface area contributed by atoms with Gasteiger partial charge >= 0.3 is 6.03 Å². The molecule has 0 aliphatic carbocycles. The molecule has 0 saturated carbocycles. The van der Waals surface area contributed by atoms with E-state index in [4.69, 9.17) is 5.10 Å². The molecule has 4 aromatic rings. The van der Waals surface area contributed by atoms with Gasteiger partial charge in [-0.3, -0.25) is 5.32 Å². The smallest absolute Gasteiger partial charge is 0.308 e. The van der Waals surface area contributed by atoms with Crippen LogP contribution in [0.4, 0.5) is 16.3 Å². The number of benzene rings is 2. The van der Waals surface area contributed by atoms with Gasteiger partial charge in [0.05, 0.1) is 11.4 Å². The summed E-state index contributed by atoms with van der Waals surface area (Å²) in [6, 6.07) is 20.9. The van der Waals surface area contributed by atoms with Gasteiger partial charge in [-0.15, -0.1) is 11.3 Å². The molecule has 0 spiro atoms. The van der Waals surface area contributed by atoms with Gasteiger partial charge in [-0.25, -0.2) is 17.9 Å². The van der Waals surface area contributed by atoms with Crippen LogP contribution in [0.2, 0.25) is 0 Å². The first kappa shape index (κ1) is 29.0. The van der Waals surface area contributed by atoms with Crippen LogP contribution in [-0.2, 0) is 21.9 Å². The van der Waals surface area contributed by atoms with Crippen LogP contribution in [0.1, 0.15) is 50.4 Å². The van der Waals surface area contributed by atoms with Crippen LogP contribution in [-0.4, -0.2) is 41.6 Å². The minimum Gasteiger partial charge on any atom is -0.308 e. The molecule has 5 rings (SSSR count). The van der Waals surface area contributed by atoms with Crippen molar-refractivity contribution in [3.8, 4) is 5.69 Å². The van der Waals surface area contributed by atoms with Crippen LogP contribution in [0.25, 0.3) is 5.69 Å². The molecule has 0 unspecified atom stereocenters. The fourth-order valence-electron chi connectivity index (χ4n) is 4.95. The summed E-state index contributed by atoms with van der Waals surface area (Å²) in [5.74, 6) is 1.02. The lowest BCUT2D eigenvalue weighted by Gasteiger charge is -2.30. The monoisotopic (exact) mass is 591 g/mol. The predicted octanol–water partition coefficient (Wildman–Crippen LogP) is 6.83. The first-order valence-corrected chi connectivity index (χ1v) is 16.2. The minimum absolute atomic E-state index is 0.173. The molecule has 8 nitrogen and oxygen atoms in total. The fraction of sp³-hybridized carbons (Fsp3) is 0.355. The first-order valence-electron chi connectivity index (χ1n) is 13.9. The van der Waals surface area contributed by atoms with E-state index in [-0.39, 0.29) is 11.4 Å². The fourth-order valence-corrected chi connectivity index (χ4v) is 7.56. The summed E-state index contributed by atoms with van der Waals surface area (Å²) in [4.78, 5) is 13.0. The minimum atomic E-state index is -3.38. The van der Waals surface area contributed by atoms with Crippen molar-refractivity contribution in [1.82, 2.24) is 14.1 Å². The lowest BCUT2D eigenvalue weighted by Crippen LogP contribution is -2.38. The van der Waals surface area contributed by atoms with Crippen LogP contribution in [0, 0.1) is 12.8 Å². The van der Waals surface area contributed by atoms with Crippen LogP contribution in [0.5, 0.6) is 0 Å². The zero-order chi connectivity index (χ0) is 29.2. The third kappa shape index (κ3) is 6.89. The molecule has 216 valence electrons. The maximum atomic E-state index is 13.0. The van der Waals surface area contributed by atoms with Crippen molar-refractivity contribution in [2.75, 3.05) is 23.7 Å². The van der Waals surface area contributed by atoms with E-state index >= 15 is 0 Å². The molecular formula is C31H37N5O3S2. The number of rotatable bonds is 7. The van der Waals surface area contributed by atoms with E-state index in [1.165, 1.54) is 16.9 Å². The Kier molecular flexibility index (Phi) is 8.35. The highest BCUT2D eigenvalue weighted by atomic mass is 32.2. The topological polar surface area (TPSA) is 96.3 Å². The molecule has 1 aliphatic rings. The van der Waals surface area contributed by atoms with Crippen LogP contribution < -0.4 is 10.6 Å². The van der Waals surface area contributed by atoms with E-state index in [1.807, 2.05) is 61.5 Å². The number of anilines is 2. The zero-order valence-electron chi connectivity index (χ0n) is 23.9. The third-order valence-corrected chi connectivity index (χ3v) is 10.7. The van der Waals surface area contributed by atoms with Gasteiger partial charge in [-0.05, 0) is 73.4 Å². The number of hydrogen-bond acceptors (Lipinski definition) is 5. The van der Waals surface area contributed by atoms with Gasteiger partial charge in [-0.1, -0.05) is 56.7 Å². The van der Waals surface area contributed by atoms with Crippen molar-refractivity contribution < 1.29 is 13.2 Å². The molecular weight excluding hydrogens is 555 g/mol. The molecule has 0 atom stereocenters. The Hall–Kier alpha value is -3.47. The zero-order valence-corrected chi connectivity index (χ0v) is 25.6. The molecule has 10 heteroatoms. The Labute approximate surface area is 246 Å². The molecule has 2 N–H and O–H groups in total. The number of hydrogen-bond donors (Lipinski definition) is 2. The van der Waals surface area contributed by atoms with Crippen molar-refractivity contribution in [3.63, 3.8) is 0 Å². The second kappa shape index (κ2) is 11.8. The Morgan fingerprint density at radius 3 is 2.29 bits per heavy atom. The maximum absolute atomic E-state index is 13.0. The maximum Gasteiger partial charge on any atom is 0.324 e. The second-order valence-electron chi connectivity index (χ2n) is 11.7. The molecule has 0 bridgehead atoms. The highest BCUT2D eigenvalue weighted by molar-refractivity contribution is 7.91. The van der Waals surface area contributed by atoms with Gasteiger partial charge in [-0.2, -0.15) is 9.40 Å². The average Bonchev–Trinajstić information content (AvgIpc) is 3.62. The average molecular weight is 592 g/mol. The van der Waals surface area contributed by atoms with E-state index in [9.17, 15) is 13.2 Å². The van der Waals surface area contributed by atoms with Crippen LogP contribution >= 0.6 is 11.3 Å². The summed E-state index contributed by atoms with van der Waals surface area (Å²) in [7, 11) is -3.38. The lowest BCUT2D eigenvalue weighted by molar-refractivity contribution is 0.262. The molecule has 2 aromatic carbocycles. The highest BCUT2D eigenvalue weighted by Crippen LogP contribution is 2.29. The number of carbonyl (C=O) groups is 1. The van der Waals surface area contributed by atoms with Crippen LogP contribution in [0.3, 0.4) is 0 Å². The summed E-state index contributed by atoms with van der Waals surface area (Å²) in [5, 5.41) is 12.5. The van der Waals surface area contributed by atoms with Gasteiger partial charge in [0.25, 0.3) is 10.0 Å². The van der Waals surface area contributed by atoms with E-state index in [1.54, 1.807) is 26.5 Å². The number of piperidine rings is 1. The Bertz CT molecular complexity index is 1580. The number of nitrogens with zero attached hydrogens (tertiary/aromatic N) is 3. The number of aromatic nitrogens is 2. The van der Waals surface area contributed by atoms with Gasteiger partial charge in [0, 0.05) is 30.3 Å². The SMILES string of the molecule is Cc1ccc(-n2nc(C(C)(C)C)cc2NC(=O)Nc2ccc(CC3CCN(S(=O)(=O)c4cccs4)CC3)cc2)cc1. The van der Waals surface area contributed by atoms with Crippen molar-refractivity contribution in [2.45, 2.75) is 56.6 Å². The molecule has 3 heterocycles. The standard InChI is InChI=1S/C31H37N5O3S2/c1-22-7-13-26(14-8-22)36-28(21-27(34-36)31(2,3)4)33-30(37)32-25-11-9-23(10-12-25)20-24-15-17-35(18-16-24)41(38,39)29-6-5-19-40-29/h5-14,19,21,24H,15-18,20H2,1-4H3,(H2,32,33,37). The lowest BCUT2D eigenvalue weighted by atomic mass is 9.91. The van der Waals surface area contributed by atoms with Gasteiger partial charge in [0.1, 0.15) is 10.0 Å². The summed E-state index contributed by atoms with van der Waals surface area (Å²) in [6.07, 6.45) is 2.54. The highest BCUT2D eigenvalue weighted by Gasteiger charge is 2.30. The van der Waals surface area contributed by atoms with E-state index in [0.29, 0.717) is 34.7 Å². The molecule has 41 heavy (non-hydrogen) atoms.